The first-order valence-electron chi connectivity index (χ1n) is 5.90. The number of aromatic nitrogens is 2. The van der Waals surface area contributed by atoms with Crippen LogP contribution in [0.5, 0.6) is 0 Å². The predicted octanol–water partition coefficient (Wildman–Crippen LogP) is 1.54. The van der Waals surface area contributed by atoms with Crippen LogP contribution in [0.2, 0.25) is 0 Å². The fraction of sp³-hybridized carbons (Fsp3) is 0.385. The minimum atomic E-state index is -0.0325. The molecule has 1 N–H and O–H groups in total. The summed E-state index contributed by atoms with van der Waals surface area (Å²) in [4.78, 5) is 16.3. The maximum absolute atomic E-state index is 11.9. The lowest BCUT2D eigenvalue weighted by Crippen LogP contribution is -2.29. The second-order valence-electron chi connectivity index (χ2n) is 4.25. The van der Waals surface area contributed by atoms with Crippen molar-refractivity contribution >= 4 is 17.4 Å². The Balaban J connectivity index is 2.17. The van der Waals surface area contributed by atoms with Gasteiger partial charge in [-0.15, -0.1) is 0 Å². The zero-order chi connectivity index (χ0) is 13.0. The molecule has 2 heterocycles. The van der Waals surface area contributed by atoms with Gasteiger partial charge in [-0.1, -0.05) is 6.07 Å². The van der Waals surface area contributed by atoms with Gasteiger partial charge in [0.1, 0.15) is 5.65 Å². The van der Waals surface area contributed by atoms with Crippen LogP contribution in [0.3, 0.4) is 0 Å². The number of nitrogens with zero attached hydrogens (tertiary/aromatic N) is 2. The van der Waals surface area contributed by atoms with Crippen molar-refractivity contribution in [2.75, 3.05) is 12.0 Å². The molecule has 0 aliphatic carbocycles. The molecule has 0 saturated heterocycles. The van der Waals surface area contributed by atoms with Crippen LogP contribution >= 0.6 is 11.8 Å². The molecule has 2 aromatic heterocycles. The van der Waals surface area contributed by atoms with Crippen LogP contribution in [0.4, 0.5) is 0 Å². The van der Waals surface area contributed by atoms with Gasteiger partial charge in [0.05, 0.1) is 5.69 Å². The lowest BCUT2D eigenvalue weighted by molar-refractivity contribution is 0.588. The topological polar surface area (TPSA) is 46.4 Å². The molecule has 0 spiro atoms. The van der Waals surface area contributed by atoms with E-state index in [0.717, 1.165) is 11.4 Å². The van der Waals surface area contributed by atoms with Gasteiger partial charge in [0, 0.05) is 30.6 Å². The Kier molecular flexibility index (Phi) is 4.38. The molecule has 0 amide bonds. The first kappa shape index (κ1) is 13.1. The third-order valence-corrected chi connectivity index (χ3v) is 3.51. The van der Waals surface area contributed by atoms with E-state index in [1.807, 2.05) is 18.2 Å². The second-order valence-corrected chi connectivity index (χ2v) is 5.16. The summed E-state index contributed by atoms with van der Waals surface area (Å²) < 4.78 is 1.55. The number of hydrogen-bond acceptors (Lipinski definition) is 4. The summed E-state index contributed by atoms with van der Waals surface area (Å²) in [6.07, 6.45) is 3.82. The van der Waals surface area contributed by atoms with Gasteiger partial charge < -0.3 is 5.32 Å². The van der Waals surface area contributed by atoms with Gasteiger partial charge in [-0.2, -0.15) is 11.8 Å². The highest BCUT2D eigenvalue weighted by atomic mass is 32.2. The number of hydrogen-bond donors (Lipinski definition) is 1. The highest BCUT2D eigenvalue weighted by Gasteiger charge is 2.04. The summed E-state index contributed by atoms with van der Waals surface area (Å²) in [6.45, 7) is 2.76. The van der Waals surface area contributed by atoms with Crippen LogP contribution in [0, 0.1) is 0 Å². The Hall–Kier alpha value is -1.33. The molecule has 0 aliphatic rings. The Labute approximate surface area is 110 Å². The van der Waals surface area contributed by atoms with Gasteiger partial charge in [0.2, 0.25) is 0 Å². The van der Waals surface area contributed by atoms with Crippen LogP contribution in [-0.4, -0.2) is 27.4 Å². The number of pyridine rings is 1. The van der Waals surface area contributed by atoms with E-state index in [1.165, 1.54) is 0 Å². The van der Waals surface area contributed by atoms with E-state index in [2.05, 4.69) is 23.5 Å². The molecule has 2 rings (SSSR count). The van der Waals surface area contributed by atoms with Crippen LogP contribution in [0.15, 0.2) is 35.3 Å². The standard InChI is InChI=1S/C13H17N3OS/c1-10(9-18-2)14-8-11-7-13(17)16-6-4-3-5-12(16)15-11/h3-7,10,14H,8-9H2,1-2H3. The summed E-state index contributed by atoms with van der Waals surface area (Å²) in [7, 11) is 0. The minimum Gasteiger partial charge on any atom is -0.308 e. The minimum absolute atomic E-state index is 0.0325. The molecule has 4 nitrogen and oxygen atoms in total. The summed E-state index contributed by atoms with van der Waals surface area (Å²) in [5, 5.41) is 3.36. The van der Waals surface area contributed by atoms with Gasteiger partial charge in [0.15, 0.2) is 0 Å². The van der Waals surface area contributed by atoms with Crippen LogP contribution in [0.1, 0.15) is 12.6 Å². The highest BCUT2D eigenvalue weighted by molar-refractivity contribution is 7.98. The molecule has 0 aromatic carbocycles. The maximum Gasteiger partial charge on any atom is 0.258 e. The quantitative estimate of drug-likeness (QED) is 0.889. The Morgan fingerprint density at radius 3 is 3.11 bits per heavy atom. The van der Waals surface area contributed by atoms with Crippen molar-refractivity contribution in [2.45, 2.75) is 19.5 Å². The lowest BCUT2D eigenvalue weighted by atomic mass is 10.3. The van der Waals surface area contributed by atoms with E-state index in [1.54, 1.807) is 28.4 Å². The molecule has 0 radical (unpaired) electrons. The van der Waals surface area contributed by atoms with Crippen molar-refractivity contribution in [2.24, 2.45) is 0 Å². The first-order valence-corrected chi connectivity index (χ1v) is 7.29. The number of fused-ring (bicyclic) bond motifs is 1. The van der Waals surface area contributed by atoms with E-state index >= 15 is 0 Å². The third kappa shape index (κ3) is 3.11. The first-order chi connectivity index (χ1) is 8.70. The molecule has 0 bridgehead atoms. The van der Waals surface area contributed by atoms with E-state index in [-0.39, 0.29) is 5.56 Å². The Bertz CT molecular complexity index is 582. The zero-order valence-electron chi connectivity index (χ0n) is 10.6. The van der Waals surface area contributed by atoms with Gasteiger partial charge in [-0.05, 0) is 25.3 Å². The van der Waals surface area contributed by atoms with E-state index in [9.17, 15) is 4.79 Å². The Morgan fingerprint density at radius 2 is 2.33 bits per heavy atom. The van der Waals surface area contributed by atoms with Crippen molar-refractivity contribution in [3.05, 3.63) is 46.5 Å². The molecule has 96 valence electrons. The molecule has 5 heteroatoms. The summed E-state index contributed by atoms with van der Waals surface area (Å²) in [5.74, 6) is 1.05. The van der Waals surface area contributed by atoms with E-state index in [0.29, 0.717) is 18.2 Å². The second kappa shape index (κ2) is 6.02. The van der Waals surface area contributed by atoms with E-state index in [4.69, 9.17) is 0 Å². The van der Waals surface area contributed by atoms with Gasteiger partial charge in [-0.3, -0.25) is 9.20 Å². The van der Waals surface area contributed by atoms with Crippen molar-refractivity contribution < 1.29 is 0 Å². The predicted molar refractivity (Wildman–Crippen MR) is 76.1 cm³/mol. The molecule has 0 fully saturated rings. The fourth-order valence-electron chi connectivity index (χ4n) is 1.78. The summed E-state index contributed by atoms with van der Waals surface area (Å²) in [6, 6.07) is 7.56. The summed E-state index contributed by atoms with van der Waals surface area (Å²) >= 11 is 1.80. The number of thioether (sulfide) groups is 1. The van der Waals surface area contributed by atoms with Crippen LogP contribution in [-0.2, 0) is 6.54 Å². The molecule has 2 aromatic rings. The molecule has 1 unspecified atom stereocenters. The highest BCUT2D eigenvalue weighted by Crippen LogP contribution is 2.00. The molecule has 18 heavy (non-hydrogen) atoms. The summed E-state index contributed by atoms with van der Waals surface area (Å²) in [5.41, 5.74) is 1.45. The van der Waals surface area contributed by atoms with Crippen molar-refractivity contribution in [3.63, 3.8) is 0 Å². The normalized spacial score (nSPS) is 12.8. The van der Waals surface area contributed by atoms with Gasteiger partial charge in [-0.25, -0.2) is 4.98 Å². The van der Waals surface area contributed by atoms with Crippen molar-refractivity contribution in [3.8, 4) is 0 Å². The SMILES string of the molecule is CSCC(C)NCc1cc(=O)n2ccccc2n1. The fourth-order valence-corrected chi connectivity index (χ4v) is 2.40. The smallest absolute Gasteiger partial charge is 0.258 e. The third-order valence-electron chi connectivity index (χ3n) is 2.67. The van der Waals surface area contributed by atoms with Crippen molar-refractivity contribution in [1.82, 2.24) is 14.7 Å². The van der Waals surface area contributed by atoms with Gasteiger partial charge >= 0.3 is 0 Å². The van der Waals surface area contributed by atoms with Crippen molar-refractivity contribution in [1.29, 1.82) is 0 Å². The lowest BCUT2D eigenvalue weighted by Gasteiger charge is -2.12. The zero-order valence-corrected chi connectivity index (χ0v) is 11.4. The largest absolute Gasteiger partial charge is 0.308 e. The molecule has 0 saturated carbocycles. The number of nitrogens with one attached hydrogen (secondary N) is 1. The van der Waals surface area contributed by atoms with E-state index < -0.39 is 0 Å². The van der Waals surface area contributed by atoms with Gasteiger partial charge in [0.25, 0.3) is 5.56 Å². The maximum atomic E-state index is 11.9. The molecule has 1 atom stereocenters. The van der Waals surface area contributed by atoms with Crippen LogP contribution < -0.4 is 10.9 Å². The monoisotopic (exact) mass is 263 g/mol. The molecule has 0 aliphatic heterocycles. The molecular formula is C13H17N3OS. The van der Waals surface area contributed by atoms with Crippen LogP contribution in [0.25, 0.3) is 5.65 Å². The average molecular weight is 263 g/mol. The Morgan fingerprint density at radius 1 is 1.50 bits per heavy atom. The average Bonchev–Trinajstić information content (AvgIpc) is 2.37. The molecular weight excluding hydrogens is 246 g/mol. The number of rotatable bonds is 5.